The third kappa shape index (κ3) is 5.76. The first kappa shape index (κ1) is 29.3. The Morgan fingerprint density at radius 1 is 0.806 bits per heavy atom. The second kappa shape index (κ2) is 9.05. The van der Waals surface area contributed by atoms with Gasteiger partial charge >= 0.3 is 45.3 Å². The number of hydrogen-bond donors (Lipinski definition) is 0. The highest BCUT2D eigenvalue weighted by Crippen LogP contribution is 2.57. The quantitative estimate of drug-likeness (QED) is 0.152. The average Bonchev–Trinajstić information content (AvgIpc) is 2.58. The number of carbonyl (C=O) groups excluding carboxylic acids is 2. The SMILES string of the molecule is COC(=O)C(=CCS(C)(C)OS(=O)(=O)C(F)(F)C(F)(F)C(F)(F)C(F)(F)F)C(=O)OC. The molecule has 0 spiro atoms. The summed E-state index contributed by atoms with van der Waals surface area (Å²) in [4.78, 5) is 22.9. The monoisotopic (exact) mass is 518 g/mol. The molecule has 0 unspecified atom stereocenters. The maximum Gasteiger partial charge on any atom is 0.460 e. The highest BCUT2D eigenvalue weighted by molar-refractivity contribution is 8.32. The Kier molecular flexibility index (Phi) is 8.55. The zero-order valence-corrected chi connectivity index (χ0v) is 17.5. The Morgan fingerprint density at radius 3 is 1.52 bits per heavy atom. The summed E-state index contributed by atoms with van der Waals surface area (Å²) in [5.74, 6) is -18.5. The van der Waals surface area contributed by atoms with Crippen molar-refractivity contribution in [1.29, 1.82) is 0 Å². The predicted octanol–water partition coefficient (Wildman–Crippen LogP) is 3.01. The van der Waals surface area contributed by atoms with E-state index in [4.69, 9.17) is 0 Å². The van der Waals surface area contributed by atoms with Crippen LogP contribution in [0.3, 0.4) is 0 Å². The van der Waals surface area contributed by atoms with Gasteiger partial charge in [-0.15, -0.1) is 10.3 Å². The van der Waals surface area contributed by atoms with Crippen molar-refractivity contribution < 1.29 is 70.6 Å². The van der Waals surface area contributed by atoms with Crippen molar-refractivity contribution in [1.82, 2.24) is 0 Å². The van der Waals surface area contributed by atoms with Crippen LogP contribution in [0.1, 0.15) is 0 Å². The summed E-state index contributed by atoms with van der Waals surface area (Å²) in [7, 11) is -9.05. The van der Waals surface area contributed by atoms with E-state index in [0.717, 1.165) is 14.2 Å². The molecular formula is C13H15F9O7S2. The van der Waals surface area contributed by atoms with Gasteiger partial charge in [0.1, 0.15) is 5.57 Å². The summed E-state index contributed by atoms with van der Waals surface area (Å²) in [6.45, 7) is 0. The van der Waals surface area contributed by atoms with Crippen LogP contribution >= 0.6 is 10.3 Å². The number of carbonyl (C=O) groups is 2. The molecule has 0 heterocycles. The van der Waals surface area contributed by atoms with Gasteiger partial charge in [0.2, 0.25) is 0 Å². The molecule has 0 aromatic heterocycles. The van der Waals surface area contributed by atoms with Crippen molar-refractivity contribution in [3.05, 3.63) is 11.6 Å². The van der Waals surface area contributed by atoms with Gasteiger partial charge in [-0.2, -0.15) is 47.9 Å². The molecule has 0 aromatic carbocycles. The average molecular weight is 518 g/mol. The first-order valence-electron chi connectivity index (χ1n) is 7.26. The van der Waals surface area contributed by atoms with Gasteiger partial charge in [0, 0.05) is 5.75 Å². The molecule has 184 valence electrons. The van der Waals surface area contributed by atoms with E-state index in [9.17, 15) is 57.5 Å². The van der Waals surface area contributed by atoms with Gasteiger partial charge in [-0.25, -0.2) is 13.2 Å². The molecular weight excluding hydrogens is 503 g/mol. The lowest BCUT2D eigenvalue weighted by molar-refractivity contribution is -0.382. The lowest BCUT2D eigenvalue weighted by Crippen LogP contribution is -2.63. The van der Waals surface area contributed by atoms with Crippen LogP contribution in [0.4, 0.5) is 39.5 Å². The van der Waals surface area contributed by atoms with Crippen LogP contribution in [-0.2, 0) is 32.8 Å². The minimum absolute atomic E-state index is 0.559. The Labute approximate surface area is 171 Å². The van der Waals surface area contributed by atoms with Gasteiger partial charge in [-0.3, -0.25) is 0 Å². The summed E-state index contributed by atoms with van der Waals surface area (Å²) in [6.07, 6.45) is -5.30. The van der Waals surface area contributed by atoms with E-state index in [1.165, 1.54) is 0 Å². The minimum atomic E-state index is -7.45. The fourth-order valence-corrected chi connectivity index (χ4v) is 5.10. The molecule has 0 aliphatic rings. The third-order valence-corrected chi connectivity index (χ3v) is 7.25. The first-order chi connectivity index (χ1) is 13.5. The van der Waals surface area contributed by atoms with Crippen molar-refractivity contribution in [2.45, 2.75) is 23.3 Å². The van der Waals surface area contributed by atoms with Crippen LogP contribution in [0, 0.1) is 0 Å². The molecule has 0 saturated heterocycles. The molecule has 0 aliphatic heterocycles. The minimum Gasteiger partial charge on any atom is -0.465 e. The van der Waals surface area contributed by atoms with E-state index < -0.39 is 67.0 Å². The highest BCUT2D eigenvalue weighted by Gasteiger charge is 2.86. The second-order valence-corrected chi connectivity index (χ2v) is 11.1. The standard InChI is InChI=1S/C13H15F9O7S2/c1-27-8(23)7(9(24)28-2)5-6-30(3,4)29-31(25,26)13(21,22)11(16,17)10(14,15)12(18,19)20/h5H,6H2,1-4H3. The summed E-state index contributed by atoms with van der Waals surface area (Å²) in [5, 5.41) is -7.03. The van der Waals surface area contributed by atoms with Gasteiger partial charge in [-0.05, 0) is 12.5 Å². The smallest absolute Gasteiger partial charge is 0.460 e. The zero-order valence-electron chi connectivity index (χ0n) is 15.9. The van der Waals surface area contributed by atoms with Crippen LogP contribution in [0.2, 0.25) is 0 Å². The van der Waals surface area contributed by atoms with Gasteiger partial charge in [0.25, 0.3) is 0 Å². The molecule has 7 nitrogen and oxygen atoms in total. The fraction of sp³-hybridized carbons (Fsp3) is 0.692. The van der Waals surface area contributed by atoms with Crippen molar-refractivity contribution in [2.24, 2.45) is 0 Å². The fourth-order valence-electron chi connectivity index (χ4n) is 1.58. The van der Waals surface area contributed by atoms with E-state index in [-0.39, 0.29) is 0 Å². The highest BCUT2D eigenvalue weighted by atomic mass is 32.3. The number of ether oxygens (including phenoxy) is 2. The van der Waals surface area contributed by atoms with Gasteiger partial charge < -0.3 is 9.47 Å². The number of halogens is 9. The van der Waals surface area contributed by atoms with Gasteiger partial charge in [-0.1, -0.05) is 6.08 Å². The van der Waals surface area contributed by atoms with Crippen LogP contribution in [0.25, 0.3) is 0 Å². The normalized spacial score (nSPS) is 14.6. The molecule has 0 saturated carbocycles. The largest absolute Gasteiger partial charge is 0.465 e. The molecule has 0 N–H and O–H groups in total. The van der Waals surface area contributed by atoms with E-state index in [1.54, 1.807) is 0 Å². The molecule has 0 fully saturated rings. The van der Waals surface area contributed by atoms with Gasteiger partial charge in [0.15, 0.2) is 0 Å². The molecule has 0 atom stereocenters. The summed E-state index contributed by atoms with van der Waals surface area (Å²) >= 11 is 0. The summed E-state index contributed by atoms with van der Waals surface area (Å²) in [6, 6.07) is 0. The van der Waals surface area contributed by atoms with Crippen LogP contribution in [0.5, 0.6) is 0 Å². The summed E-state index contributed by atoms with van der Waals surface area (Å²) in [5.41, 5.74) is -0.896. The van der Waals surface area contributed by atoms with Crippen molar-refractivity contribution >= 4 is 32.4 Å². The Balaban J connectivity index is 6.08. The lowest BCUT2D eigenvalue weighted by Gasteiger charge is -2.35. The molecule has 0 aromatic rings. The first-order valence-corrected chi connectivity index (χ1v) is 11.2. The van der Waals surface area contributed by atoms with Crippen LogP contribution in [0.15, 0.2) is 11.6 Å². The number of esters is 2. The van der Waals surface area contributed by atoms with Crippen molar-refractivity contribution in [2.75, 3.05) is 32.5 Å². The van der Waals surface area contributed by atoms with E-state index in [2.05, 4.69) is 13.1 Å². The molecule has 0 bridgehead atoms. The second-order valence-electron chi connectivity index (χ2n) is 5.89. The van der Waals surface area contributed by atoms with Crippen LogP contribution < -0.4 is 0 Å². The maximum atomic E-state index is 13.7. The zero-order chi connectivity index (χ0) is 25.3. The Bertz CT molecular complexity index is 815. The van der Waals surface area contributed by atoms with Crippen molar-refractivity contribution in [3.63, 3.8) is 0 Å². The molecule has 0 radical (unpaired) electrons. The van der Waals surface area contributed by atoms with Crippen LogP contribution in [-0.4, -0.2) is 76.1 Å². The van der Waals surface area contributed by atoms with Crippen molar-refractivity contribution in [3.8, 4) is 0 Å². The van der Waals surface area contributed by atoms with Gasteiger partial charge in [0.05, 0.1) is 14.2 Å². The number of rotatable bonds is 9. The molecule has 31 heavy (non-hydrogen) atoms. The lowest BCUT2D eigenvalue weighted by atomic mass is 10.1. The molecule has 0 rings (SSSR count). The Morgan fingerprint density at radius 2 is 1.19 bits per heavy atom. The van der Waals surface area contributed by atoms with E-state index >= 15 is 0 Å². The molecule has 0 amide bonds. The summed E-state index contributed by atoms with van der Waals surface area (Å²) < 4.78 is 152. The predicted molar refractivity (Wildman–Crippen MR) is 87.3 cm³/mol. The third-order valence-electron chi connectivity index (χ3n) is 3.20. The Hall–Kier alpha value is -1.69. The molecule has 18 heteroatoms. The number of methoxy groups -OCH3 is 2. The topological polar surface area (TPSA) is 96.0 Å². The molecule has 0 aliphatic carbocycles. The number of hydrogen-bond acceptors (Lipinski definition) is 7. The van der Waals surface area contributed by atoms with E-state index in [1.807, 2.05) is 0 Å². The maximum absolute atomic E-state index is 13.7. The number of alkyl halides is 9. The van der Waals surface area contributed by atoms with E-state index in [0.29, 0.717) is 18.6 Å².